The van der Waals surface area contributed by atoms with Gasteiger partial charge in [-0.1, -0.05) is 78.9 Å². The third kappa shape index (κ3) is 4.08. The van der Waals surface area contributed by atoms with Gasteiger partial charge in [0.05, 0.1) is 24.4 Å². The van der Waals surface area contributed by atoms with Gasteiger partial charge >= 0.3 is 0 Å². The number of anilines is 1. The van der Waals surface area contributed by atoms with E-state index >= 15 is 0 Å². The first-order valence-electron chi connectivity index (χ1n) is 11.2. The van der Waals surface area contributed by atoms with E-state index in [1.54, 1.807) is 22.9 Å². The Kier molecular flexibility index (Phi) is 5.80. The summed E-state index contributed by atoms with van der Waals surface area (Å²) in [7, 11) is 1.72. The van der Waals surface area contributed by atoms with Crippen LogP contribution < -0.4 is 4.90 Å². The Balaban J connectivity index is 1.56. The third-order valence-electron chi connectivity index (χ3n) is 6.41. The van der Waals surface area contributed by atoms with Gasteiger partial charge in [-0.3, -0.25) is 9.59 Å². The summed E-state index contributed by atoms with van der Waals surface area (Å²) in [6.07, 6.45) is 4.40. The number of likely N-dealkylation sites (N-methyl/N-ethyl adjacent to an activating group) is 1. The number of hydrogen-bond acceptors (Lipinski definition) is 3. The van der Waals surface area contributed by atoms with Gasteiger partial charge in [0.1, 0.15) is 12.1 Å². The summed E-state index contributed by atoms with van der Waals surface area (Å²) < 4.78 is 5.85. The molecule has 2 atom stereocenters. The van der Waals surface area contributed by atoms with Crippen molar-refractivity contribution in [1.29, 1.82) is 0 Å². The summed E-state index contributed by atoms with van der Waals surface area (Å²) in [5.41, 5.74) is 4.25. The molecule has 0 fully saturated rings. The monoisotopic (exact) mass is 438 g/mol. The molecular weight excluding hydrogens is 412 g/mol. The van der Waals surface area contributed by atoms with E-state index in [1.165, 1.54) is 0 Å². The van der Waals surface area contributed by atoms with Gasteiger partial charge in [0, 0.05) is 13.5 Å². The number of rotatable bonds is 5. The van der Waals surface area contributed by atoms with Gasteiger partial charge in [0.2, 0.25) is 5.91 Å². The van der Waals surface area contributed by atoms with Gasteiger partial charge in [-0.2, -0.15) is 0 Å². The summed E-state index contributed by atoms with van der Waals surface area (Å²) in [4.78, 5) is 30.7. The smallest absolute Gasteiger partial charge is 0.256 e. The van der Waals surface area contributed by atoms with E-state index < -0.39 is 6.04 Å². The largest absolute Gasteiger partial charge is 0.365 e. The number of amides is 2. The van der Waals surface area contributed by atoms with Gasteiger partial charge in [-0.15, -0.1) is 0 Å². The number of carbonyl (C=O) groups excluding carboxylic acids is 2. The molecule has 0 bridgehead atoms. The standard InChI is InChI=1S/C28H26N2O3/c1-29-25(18-20-10-3-2-4-11-20)28(32)30(24-15-8-7-14-23(24)27(29)31)19-21-12-5-6-13-22(21)26-16-9-17-33-26/h2-16,25-26H,17-19H2,1H3. The highest BCUT2D eigenvalue weighted by atomic mass is 16.5. The molecule has 2 amide bonds. The number of fused-ring (bicyclic) bond motifs is 1. The molecule has 0 aliphatic carbocycles. The zero-order valence-corrected chi connectivity index (χ0v) is 18.6. The molecule has 2 aliphatic rings. The number of nitrogens with zero attached hydrogens (tertiary/aromatic N) is 2. The second-order valence-corrected chi connectivity index (χ2v) is 8.44. The van der Waals surface area contributed by atoms with Crippen LogP contribution in [0.25, 0.3) is 0 Å². The van der Waals surface area contributed by atoms with Crippen LogP contribution in [0.3, 0.4) is 0 Å². The van der Waals surface area contributed by atoms with Crippen molar-refractivity contribution < 1.29 is 14.3 Å². The highest BCUT2D eigenvalue weighted by Crippen LogP contribution is 2.32. The van der Waals surface area contributed by atoms with Gasteiger partial charge in [-0.25, -0.2) is 0 Å². The van der Waals surface area contributed by atoms with Crippen molar-refractivity contribution in [3.8, 4) is 0 Å². The normalized spacial score (nSPS) is 20.2. The van der Waals surface area contributed by atoms with Gasteiger partial charge in [0.15, 0.2) is 0 Å². The molecule has 5 heteroatoms. The summed E-state index contributed by atoms with van der Waals surface area (Å²) >= 11 is 0. The minimum absolute atomic E-state index is 0.0858. The lowest BCUT2D eigenvalue weighted by Gasteiger charge is -2.29. The van der Waals surface area contributed by atoms with Crippen LogP contribution in [0.5, 0.6) is 0 Å². The lowest BCUT2D eigenvalue weighted by molar-refractivity contribution is -0.122. The molecule has 2 heterocycles. The maximum absolute atomic E-state index is 14.0. The molecule has 5 rings (SSSR count). The summed E-state index contributed by atoms with van der Waals surface area (Å²) in [6, 6.07) is 24.7. The minimum Gasteiger partial charge on any atom is -0.365 e. The fraction of sp³-hybridized carbons (Fsp3) is 0.214. The van der Waals surface area contributed by atoms with Crippen molar-refractivity contribution in [3.05, 3.63) is 113 Å². The van der Waals surface area contributed by atoms with Gasteiger partial charge in [0.25, 0.3) is 5.91 Å². The molecule has 3 aromatic carbocycles. The van der Waals surface area contributed by atoms with Gasteiger partial charge in [-0.05, 0) is 28.8 Å². The van der Waals surface area contributed by atoms with Crippen molar-refractivity contribution in [3.63, 3.8) is 0 Å². The maximum atomic E-state index is 14.0. The maximum Gasteiger partial charge on any atom is 0.256 e. The van der Waals surface area contributed by atoms with Crippen LogP contribution in [0, 0.1) is 0 Å². The second kappa shape index (κ2) is 9.04. The Morgan fingerprint density at radius 3 is 2.42 bits per heavy atom. The lowest BCUT2D eigenvalue weighted by atomic mass is 10.0. The molecular formula is C28H26N2O3. The number of benzene rings is 3. The zero-order valence-electron chi connectivity index (χ0n) is 18.6. The van der Waals surface area contributed by atoms with Gasteiger partial charge < -0.3 is 14.5 Å². The first-order chi connectivity index (χ1) is 16.1. The Morgan fingerprint density at radius 2 is 1.64 bits per heavy atom. The molecule has 0 saturated heterocycles. The molecule has 2 aliphatic heterocycles. The lowest BCUT2D eigenvalue weighted by Crippen LogP contribution is -2.47. The Bertz CT molecular complexity index is 1200. The predicted octanol–water partition coefficient (Wildman–Crippen LogP) is 4.54. The van der Waals surface area contributed by atoms with E-state index in [9.17, 15) is 9.59 Å². The summed E-state index contributed by atoms with van der Waals surface area (Å²) in [6.45, 7) is 0.953. The van der Waals surface area contributed by atoms with Crippen molar-refractivity contribution >= 4 is 17.5 Å². The van der Waals surface area contributed by atoms with Crippen molar-refractivity contribution in [2.45, 2.75) is 25.1 Å². The predicted molar refractivity (Wildman–Crippen MR) is 128 cm³/mol. The van der Waals surface area contributed by atoms with Crippen LogP contribution in [0.1, 0.15) is 33.2 Å². The van der Waals surface area contributed by atoms with Crippen LogP contribution >= 0.6 is 0 Å². The highest BCUT2D eigenvalue weighted by molar-refractivity contribution is 6.10. The zero-order chi connectivity index (χ0) is 22.8. The van der Waals surface area contributed by atoms with E-state index in [0.29, 0.717) is 30.8 Å². The quantitative estimate of drug-likeness (QED) is 0.550. The fourth-order valence-electron chi connectivity index (χ4n) is 4.62. The highest BCUT2D eigenvalue weighted by Gasteiger charge is 2.38. The van der Waals surface area contributed by atoms with E-state index in [0.717, 1.165) is 16.7 Å². The SMILES string of the molecule is CN1C(=O)c2ccccc2N(Cc2ccccc2C2C=CCO2)C(=O)C1Cc1ccccc1. The van der Waals surface area contributed by atoms with Crippen LogP contribution in [-0.2, 0) is 22.5 Å². The Labute approximate surface area is 193 Å². The number of carbonyl (C=O) groups is 2. The third-order valence-corrected chi connectivity index (χ3v) is 6.41. The van der Waals surface area contributed by atoms with Crippen molar-refractivity contribution in [2.24, 2.45) is 0 Å². The first kappa shape index (κ1) is 21.2. The molecule has 0 spiro atoms. The molecule has 166 valence electrons. The van der Waals surface area contributed by atoms with E-state index in [1.807, 2.05) is 84.9 Å². The summed E-state index contributed by atoms with van der Waals surface area (Å²) in [5.74, 6) is -0.227. The molecule has 33 heavy (non-hydrogen) atoms. The molecule has 0 N–H and O–H groups in total. The Hall–Kier alpha value is -3.70. The van der Waals surface area contributed by atoms with E-state index in [2.05, 4.69) is 0 Å². The second-order valence-electron chi connectivity index (χ2n) is 8.44. The molecule has 0 radical (unpaired) electrons. The topological polar surface area (TPSA) is 49.9 Å². The van der Waals surface area contributed by atoms with Crippen LogP contribution in [0.15, 0.2) is 91.0 Å². The first-order valence-corrected chi connectivity index (χ1v) is 11.2. The van der Waals surface area contributed by atoms with Crippen LogP contribution in [0.4, 0.5) is 5.69 Å². The van der Waals surface area contributed by atoms with E-state index in [4.69, 9.17) is 4.74 Å². The average molecular weight is 439 g/mol. The van der Waals surface area contributed by atoms with Crippen LogP contribution in [0.2, 0.25) is 0 Å². The molecule has 0 saturated carbocycles. The molecule has 5 nitrogen and oxygen atoms in total. The molecule has 2 unspecified atom stereocenters. The summed E-state index contributed by atoms with van der Waals surface area (Å²) in [5, 5.41) is 0. The van der Waals surface area contributed by atoms with E-state index in [-0.39, 0.29) is 17.9 Å². The van der Waals surface area contributed by atoms with Crippen molar-refractivity contribution in [2.75, 3.05) is 18.6 Å². The number of ether oxygens (including phenoxy) is 1. The van der Waals surface area contributed by atoms with Crippen LogP contribution in [-0.4, -0.2) is 36.4 Å². The minimum atomic E-state index is -0.595. The van der Waals surface area contributed by atoms with Crippen molar-refractivity contribution in [1.82, 2.24) is 4.90 Å². The molecule has 0 aromatic heterocycles. The fourth-order valence-corrected chi connectivity index (χ4v) is 4.62. The number of para-hydroxylation sites is 1. The number of hydrogen-bond donors (Lipinski definition) is 0. The Morgan fingerprint density at radius 1 is 0.909 bits per heavy atom. The molecule has 3 aromatic rings. The average Bonchev–Trinajstić information content (AvgIpc) is 3.38.